The Morgan fingerprint density at radius 2 is 2.31 bits per heavy atom. The second-order valence-corrected chi connectivity index (χ2v) is 2.92. The molecule has 2 heterocycles. The summed E-state index contributed by atoms with van der Waals surface area (Å²) >= 11 is 3.23. The van der Waals surface area contributed by atoms with Crippen molar-refractivity contribution in [1.82, 2.24) is 15.1 Å². The van der Waals surface area contributed by atoms with Crippen LogP contribution in [0.15, 0.2) is 28.9 Å². The normalized spacial score (nSPS) is 10.2. The van der Waals surface area contributed by atoms with E-state index in [2.05, 4.69) is 31.1 Å². The summed E-state index contributed by atoms with van der Waals surface area (Å²) in [5, 5.41) is 4.34. The van der Waals surface area contributed by atoms with Crippen molar-refractivity contribution in [1.29, 1.82) is 0 Å². The van der Waals surface area contributed by atoms with Gasteiger partial charge in [-0.15, -0.1) is 0 Å². The minimum Gasteiger partial charge on any atom is -0.338 e. The van der Waals surface area contributed by atoms with E-state index < -0.39 is 0 Å². The first-order chi connectivity index (χ1) is 6.40. The van der Waals surface area contributed by atoms with Crippen molar-refractivity contribution in [3.05, 3.63) is 30.3 Å². The second kappa shape index (κ2) is 3.66. The Bertz CT molecular complexity index is 387. The number of halogens is 1. The van der Waals surface area contributed by atoms with E-state index in [9.17, 15) is 0 Å². The predicted octanol–water partition coefficient (Wildman–Crippen LogP) is 2.03. The van der Waals surface area contributed by atoms with Crippen molar-refractivity contribution in [2.24, 2.45) is 0 Å². The first kappa shape index (κ1) is 8.37. The van der Waals surface area contributed by atoms with Gasteiger partial charge in [-0.3, -0.25) is 4.98 Å². The molecule has 0 bridgehead atoms. The van der Waals surface area contributed by atoms with Gasteiger partial charge < -0.3 is 4.52 Å². The molecule has 0 fully saturated rings. The van der Waals surface area contributed by atoms with Gasteiger partial charge in [0.25, 0.3) is 0 Å². The lowest BCUT2D eigenvalue weighted by molar-refractivity contribution is 0.392. The largest absolute Gasteiger partial charge is 0.338 e. The molecule has 0 N–H and O–H groups in total. The summed E-state index contributed by atoms with van der Waals surface area (Å²) in [5.41, 5.74) is 0.721. The first-order valence-corrected chi connectivity index (χ1v) is 4.82. The van der Waals surface area contributed by atoms with Gasteiger partial charge in [0.1, 0.15) is 5.69 Å². The van der Waals surface area contributed by atoms with Crippen LogP contribution in [0.3, 0.4) is 0 Å². The average molecular weight is 240 g/mol. The average Bonchev–Trinajstić information content (AvgIpc) is 2.67. The van der Waals surface area contributed by atoms with E-state index in [1.807, 2.05) is 18.2 Å². The van der Waals surface area contributed by atoms with Crippen molar-refractivity contribution < 1.29 is 4.52 Å². The lowest BCUT2D eigenvalue weighted by Crippen LogP contribution is -1.84. The molecule has 5 heteroatoms. The highest BCUT2D eigenvalue weighted by Gasteiger charge is 2.06. The maximum Gasteiger partial charge on any atom is 0.237 e. The molecule has 2 aromatic rings. The summed E-state index contributed by atoms with van der Waals surface area (Å²) < 4.78 is 4.92. The Morgan fingerprint density at radius 1 is 1.38 bits per heavy atom. The fraction of sp³-hybridized carbons (Fsp3) is 0.125. The number of nitrogens with zero attached hydrogens (tertiary/aromatic N) is 3. The second-order valence-electron chi connectivity index (χ2n) is 2.36. The van der Waals surface area contributed by atoms with E-state index in [1.165, 1.54) is 0 Å². The molecule has 2 rings (SSSR count). The van der Waals surface area contributed by atoms with E-state index in [1.54, 1.807) is 6.20 Å². The van der Waals surface area contributed by atoms with Crippen LogP contribution in [-0.4, -0.2) is 15.1 Å². The summed E-state index contributed by atoms with van der Waals surface area (Å²) in [6.07, 6.45) is 1.69. The van der Waals surface area contributed by atoms with Crippen LogP contribution < -0.4 is 0 Å². The molecule has 0 saturated heterocycles. The lowest BCUT2D eigenvalue weighted by atomic mass is 10.3. The fourth-order valence-corrected chi connectivity index (χ4v) is 1.14. The third-order valence-electron chi connectivity index (χ3n) is 1.48. The van der Waals surface area contributed by atoms with Crippen LogP contribution >= 0.6 is 15.9 Å². The highest BCUT2D eigenvalue weighted by molar-refractivity contribution is 9.08. The van der Waals surface area contributed by atoms with Gasteiger partial charge >= 0.3 is 0 Å². The lowest BCUT2D eigenvalue weighted by Gasteiger charge is -1.88. The number of pyridine rings is 1. The molecule has 0 aromatic carbocycles. The topological polar surface area (TPSA) is 51.8 Å². The Labute approximate surface area is 83.1 Å². The van der Waals surface area contributed by atoms with Crippen molar-refractivity contribution in [3.63, 3.8) is 0 Å². The number of hydrogen-bond donors (Lipinski definition) is 0. The molecule has 0 aliphatic rings. The molecule has 0 saturated carbocycles. The van der Waals surface area contributed by atoms with Gasteiger partial charge in [0.15, 0.2) is 0 Å². The van der Waals surface area contributed by atoms with Gasteiger partial charge in [0.05, 0.1) is 5.33 Å². The molecule has 13 heavy (non-hydrogen) atoms. The van der Waals surface area contributed by atoms with Gasteiger partial charge in [-0.1, -0.05) is 27.2 Å². The highest BCUT2D eigenvalue weighted by Crippen LogP contribution is 2.12. The number of alkyl halides is 1. The van der Waals surface area contributed by atoms with Gasteiger partial charge in [-0.05, 0) is 12.1 Å². The van der Waals surface area contributed by atoms with E-state index >= 15 is 0 Å². The monoisotopic (exact) mass is 239 g/mol. The van der Waals surface area contributed by atoms with Crippen LogP contribution in [0.25, 0.3) is 11.5 Å². The number of aromatic nitrogens is 3. The minimum absolute atomic E-state index is 0.523. The summed E-state index contributed by atoms with van der Waals surface area (Å²) in [6, 6.07) is 5.56. The number of rotatable bonds is 2. The van der Waals surface area contributed by atoms with Gasteiger partial charge in [0, 0.05) is 6.20 Å². The van der Waals surface area contributed by atoms with Crippen LogP contribution in [0.4, 0.5) is 0 Å². The SMILES string of the molecule is BrCc1nc(-c2ccccn2)no1. The Balaban J connectivity index is 2.36. The van der Waals surface area contributed by atoms with E-state index in [4.69, 9.17) is 4.52 Å². The molecule has 0 spiro atoms. The standard InChI is InChI=1S/C8H6BrN3O/c9-5-7-11-8(12-13-7)6-3-1-2-4-10-6/h1-4H,5H2. The third-order valence-corrected chi connectivity index (χ3v) is 1.96. The summed E-state index contributed by atoms with van der Waals surface area (Å²) in [4.78, 5) is 8.21. The molecule has 66 valence electrons. The van der Waals surface area contributed by atoms with Crippen LogP contribution in [0.1, 0.15) is 5.89 Å². The molecule has 0 aliphatic carbocycles. The van der Waals surface area contributed by atoms with Crippen molar-refractivity contribution in [3.8, 4) is 11.5 Å². The molecular weight excluding hydrogens is 234 g/mol. The van der Waals surface area contributed by atoms with Crippen LogP contribution in [0.2, 0.25) is 0 Å². The molecule has 0 amide bonds. The first-order valence-electron chi connectivity index (χ1n) is 3.70. The van der Waals surface area contributed by atoms with Crippen molar-refractivity contribution in [2.45, 2.75) is 5.33 Å². The number of hydrogen-bond acceptors (Lipinski definition) is 4. The minimum atomic E-state index is 0.523. The van der Waals surface area contributed by atoms with Crippen LogP contribution in [-0.2, 0) is 5.33 Å². The van der Waals surface area contributed by atoms with Gasteiger partial charge in [-0.2, -0.15) is 4.98 Å². The van der Waals surface area contributed by atoms with E-state index in [0.29, 0.717) is 17.0 Å². The Morgan fingerprint density at radius 3 is 2.92 bits per heavy atom. The molecule has 0 radical (unpaired) electrons. The Hall–Kier alpha value is -1.23. The zero-order chi connectivity index (χ0) is 9.10. The van der Waals surface area contributed by atoms with Gasteiger partial charge in [-0.25, -0.2) is 0 Å². The zero-order valence-electron chi connectivity index (χ0n) is 6.64. The van der Waals surface area contributed by atoms with Crippen LogP contribution in [0.5, 0.6) is 0 Å². The molecule has 4 nitrogen and oxygen atoms in total. The van der Waals surface area contributed by atoms with Crippen LogP contribution in [0, 0.1) is 0 Å². The molecule has 0 aliphatic heterocycles. The van der Waals surface area contributed by atoms with E-state index in [0.717, 1.165) is 5.69 Å². The highest BCUT2D eigenvalue weighted by atomic mass is 79.9. The maximum atomic E-state index is 4.92. The summed E-state index contributed by atoms with van der Waals surface area (Å²) in [7, 11) is 0. The molecule has 2 aromatic heterocycles. The quantitative estimate of drug-likeness (QED) is 0.753. The van der Waals surface area contributed by atoms with E-state index in [-0.39, 0.29) is 0 Å². The van der Waals surface area contributed by atoms with Gasteiger partial charge in [0.2, 0.25) is 11.7 Å². The third kappa shape index (κ3) is 1.75. The zero-order valence-corrected chi connectivity index (χ0v) is 8.23. The fourth-order valence-electron chi connectivity index (χ4n) is 0.908. The predicted molar refractivity (Wildman–Crippen MR) is 50.2 cm³/mol. The molecular formula is C8H6BrN3O. The van der Waals surface area contributed by atoms with Crippen molar-refractivity contribution in [2.75, 3.05) is 0 Å². The summed E-state index contributed by atoms with van der Waals surface area (Å²) in [6.45, 7) is 0. The smallest absolute Gasteiger partial charge is 0.237 e. The Kier molecular flexibility index (Phi) is 2.35. The maximum absolute atomic E-state index is 4.92. The molecule has 0 unspecified atom stereocenters. The van der Waals surface area contributed by atoms with Crippen molar-refractivity contribution >= 4 is 15.9 Å². The molecule has 0 atom stereocenters. The summed E-state index contributed by atoms with van der Waals surface area (Å²) in [5.74, 6) is 1.08.